The molecule has 1 aliphatic heterocycles. The first-order valence-corrected chi connectivity index (χ1v) is 5.58. The Kier molecular flexibility index (Phi) is 3.44. The molecule has 15 heavy (non-hydrogen) atoms. The molecule has 0 atom stereocenters. The van der Waals surface area contributed by atoms with E-state index in [-0.39, 0.29) is 0 Å². The number of piperidine rings is 1. The van der Waals surface area contributed by atoms with E-state index in [9.17, 15) is 0 Å². The van der Waals surface area contributed by atoms with Crippen LogP contribution in [0, 0.1) is 0 Å². The monoisotopic (exact) mass is 226 g/mol. The van der Waals surface area contributed by atoms with Gasteiger partial charge in [0, 0.05) is 25.4 Å². The van der Waals surface area contributed by atoms with Gasteiger partial charge < -0.3 is 9.64 Å². The first kappa shape index (κ1) is 10.7. The van der Waals surface area contributed by atoms with Crippen molar-refractivity contribution in [3.8, 4) is 5.88 Å². The molecule has 0 bridgehead atoms. The first-order valence-electron chi connectivity index (χ1n) is 5.21. The van der Waals surface area contributed by atoms with Gasteiger partial charge in [0.15, 0.2) is 0 Å². The predicted molar refractivity (Wildman–Crippen MR) is 60.4 cm³/mol. The second kappa shape index (κ2) is 4.81. The van der Waals surface area contributed by atoms with E-state index in [0.29, 0.717) is 17.0 Å². The second-order valence-corrected chi connectivity index (χ2v) is 4.37. The number of hydrogen-bond acceptors (Lipinski definition) is 3. The molecule has 1 aliphatic rings. The zero-order valence-corrected chi connectivity index (χ0v) is 9.57. The smallest absolute Gasteiger partial charge is 0.213 e. The zero-order chi connectivity index (χ0) is 10.7. The molecule has 3 nitrogen and oxygen atoms in total. The summed E-state index contributed by atoms with van der Waals surface area (Å²) < 4.78 is 5.76. The van der Waals surface area contributed by atoms with Gasteiger partial charge in [0.05, 0.1) is 5.02 Å². The maximum Gasteiger partial charge on any atom is 0.213 e. The molecule has 2 rings (SSSR count). The maximum atomic E-state index is 5.76. The van der Waals surface area contributed by atoms with Crippen LogP contribution in [0.2, 0.25) is 5.02 Å². The lowest BCUT2D eigenvalue weighted by atomic mass is 10.1. The van der Waals surface area contributed by atoms with Crippen molar-refractivity contribution in [3.63, 3.8) is 0 Å². The lowest BCUT2D eigenvalue weighted by Gasteiger charge is -2.28. The fraction of sp³-hybridized carbons (Fsp3) is 0.545. The molecule has 2 heterocycles. The molecular formula is C11H15ClN2O. The minimum Gasteiger partial charge on any atom is -0.474 e. The Balaban J connectivity index is 1.89. The molecule has 0 amide bonds. The molecule has 0 spiro atoms. The van der Waals surface area contributed by atoms with Crippen LogP contribution in [0.3, 0.4) is 0 Å². The average molecular weight is 227 g/mol. The molecule has 0 unspecified atom stereocenters. The van der Waals surface area contributed by atoms with Gasteiger partial charge in [-0.3, -0.25) is 0 Å². The van der Waals surface area contributed by atoms with E-state index in [1.165, 1.54) is 0 Å². The first-order chi connectivity index (χ1) is 7.24. The van der Waals surface area contributed by atoms with Crippen LogP contribution < -0.4 is 4.74 Å². The van der Waals surface area contributed by atoms with E-state index in [4.69, 9.17) is 16.3 Å². The van der Waals surface area contributed by atoms with E-state index in [2.05, 4.69) is 16.9 Å². The summed E-state index contributed by atoms with van der Waals surface area (Å²) in [6.45, 7) is 2.19. The number of halogens is 1. The van der Waals surface area contributed by atoms with Gasteiger partial charge in [0.2, 0.25) is 5.88 Å². The number of pyridine rings is 1. The maximum absolute atomic E-state index is 5.76. The highest BCUT2D eigenvalue weighted by atomic mass is 35.5. The molecule has 4 heteroatoms. The Morgan fingerprint density at radius 1 is 1.40 bits per heavy atom. The Bertz CT molecular complexity index is 307. The van der Waals surface area contributed by atoms with Crippen molar-refractivity contribution in [1.82, 2.24) is 9.88 Å². The topological polar surface area (TPSA) is 25.4 Å². The van der Waals surface area contributed by atoms with Crippen LogP contribution in [0.15, 0.2) is 18.3 Å². The fourth-order valence-electron chi connectivity index (χ4n) is 1.71. The van der Waals surface area contributed by atoms with Gasteiger partial charge in [-0.2, -0.15) is 0 Å². The molecule has 0 aliphatic carbocycles. The average Bonchev–Trinajstić information content (AvgIpc) is 2.25. The quantitative estimate of drug-likeness (QED) is 0.773. The normalized spacial score (nSPS) is 19.1. The van der Waals surface area contributed by atoms with Crippen LogP contribution in [-0.2, 0) is 0 Å². The number of likely N-dealkylation sites (tertiary alicyclic amines) is 1. The minimum atomic E-state index is 0.301. The molecule has 0 saturated carbocycles. The van der Waals surface area contributed by atoms with Crippen LogP contribution in [0.5, 0.6) is 5.88 Å². The highest BCUT2D eigenvalue weighted by Gasteiger charge is 2.18. The Hall–Kier alpha value is -0.800. The molecule has 1 aromatic rings. The standard InChI is InChI=1S/C11H15ClN2O/c1-14-6-4-10(5-7-14)15-11-3-2-9(12)8-13-11/h2-3,8,10H,4-7H2,1H3. The van der Waals surface area contributed by atoms with Crippen molar-refractivity contribution < 1.29 is 4.74 Å². The lowest BCUT2D eigenvalue weighted by Crippen LogP contribution is -2.35. The molecule has 1 saturated heterocycles. The fourth-order valence-corrected chi connectivity index (χ4v) is 1.82. The van der Waals surface area contributed by atoms with Crippen molar-refractivity contribution in [2.45, 2.75) is 18.9 Å². The predicted octanol–water partition coefficient (Wildman–Crippen LogP) is 2.21. The zero-order valence-electron chi connectivity index (χ0n) is 8.82. The molecule has 0 radical (unpaired) electrons. The second-order valence-electron chi connectivity index (χ2n) is 3.94. The summed E-state index contributed by atoms with van der Waals surface area (Å²) in [5.41, 5.74) is 0. The Morgan fingerprint density at radius 3 is 2.73 bits per heavy atom. The van der Waals surface area contributed by atoms with E-state index >= 15 is 0 Å². The minimum absolute atomic E-state index is 0.301. The summed E-state index contributed by atoms with van der Waals surface area (Å²) in [5, 5.41) is 0.644. The summed E-state index contributed by atoms with van der Waals surface area (Å²) in [4.78, 5) is 6.44. The van der Waals surface area contributed by atoms with Gasteiger partial charge in [-0.15, -0.1) is 0 Å². The molecule has 1 aromatic heterocycles. The molecular weight excluding hydrogens is 212 g/mol. The van der Waals surface area contributed by atoms with Crippen molar-refractivity contribution in [1.29, 1.82) is 0 Å². The van der Waals surface area contributed by atoms with Gasteiger partial charge in [-0.05, 0) is 26.0 Å². The summed E-state index contributed by atoms with van der Waals surface area (Å²) in [7, 11) is 2.14. The molecule has 1 fully saturated rings. The van der Waals surface area contributed by atoms with Crippen molar-refractivity contribution in [2.75, 3.05) is 20.1 Å². The number of ether oxygens (including phenoxy) is 1. The molecule has 0 N–H and O–H groups in total. The van der Waals surface area contributed by atoms with Crippen LogP contribution in [0.25, 0.3) is 0 Å². The highest BCUT2D eigenvalue weighted by molar-refractivity contribution is 6.30. The summed E-state index contributed by atoms with van der Waals surface area (Å²) in [6, 6.07) is 3.62. The summed E-state index contributed by atoms with van der Waals surface area (Å²) in [5.74, 6) is 0.675. The van der Waals surface area contributed by atoms with Gasteiger partial charge in [0.25, 0.3) is 0 Å². The van der Waals surface area contributed by atoms with E-state index < -0.39 is 0 Å². The van der Waals surface area contributed by atoms with Gasteiger partial charge in [-0.1, -0.05) is 11.6 Å². The van der Waals surface area contributed by atoms with Crippen LogP contribution in [-0.4, -0.2) is 36.1 Å². The SMILES string of the molecule is CN1CCC(Oc2ccc(Cl)cn2)CC1. The number of hydrogen-bond donors (Lipinski definition) is 0. The number of rotatable bonds is 2. The van der Waals surface area contributed by atoms with Crippen LogP contribution in [0.4, 0.5) is 0 Å². The summed E-state index contributed by atoms with van der Waals surface area (Å²) in [6.07, 6.45) is 4.06. The third kappa shape index (κ3) is 3.08. The third-order valence-corrected chi connectivity index (χ3v) is 2.88. The van der Waals surface area contributed by atoms with E-state index in [1.54, 1.807) is 12.3 Å². The van der Waals surface area contributed by atoms with Gasteiger partial charge >= 0.3 is 0 Å². The largest absolute Gasteiger partial charge is 0.474 e. The van der Waals surface area contributed by atoms with Crippen LogP contribution >= 0.6 is 11.6 Å². The van der Waals surface area contributed by atoms with Gasteiger partial charge in [0.1, 0.15) is 6.10 Å². The Labute approximate surface area is 95.0 Å². The third-order valence-electron chi connectivity index (χ3n) is 2.65. The molecule has 0 aromatic carbocycles. The van der Waals surface area contributed by atoms with Crippen molar-refractivity contribution in [3.05, 3.63) is 23.4 Å². The Morgan fingerprint density at radius 2 is 2.13 bits per heavy atom. The molecule has 82 valence electrons. The van der Waals surface area contributed by atoms with Crippen molar-refractivity contribution in [2.24, 2.45) is 0 Å². The highest BCUT2D eigenvalue weighted by Crippen LogP contribution is 2.17. The van der Waals surface area contributed by atoms with E-state index in [1.807, 2.05) is 6.07 Å². The van der Waals surface area contributed by atoms with Gasteiger partial charge in [-0.25, -0.2) is 4.98 Å². The lowest BCUT2D eigenvalue weighted by molar-refractivity contribution is 0.110. The number of aromatic nitrogens is 1. The van der Waals surface area contributed by atoms with Crippen LogP contribution in [0.1, 0.15) is 12.8 Å². The van der Waals surface area contributed by atoms with Crippen molar-refractivity contribution >= 4 is 11.6 Å². The summed E-state index contributed by atoms with van der Waals surface area (Å²) >= 11 is 5.75. The number of nitrogens with zero attached hydrogens (tertiary/aromatic N) is 2. The van der Waals surface area contributed by atoms with E-state index in [0.717, 1.165) is 25.9 Å².